The lowest BCUT2D eigenvalue weighted by Crippen LogP contribution is -2.32. The first kappa shape index (κ1) is 16.6. The Bertz CT molecular complexity index is 827. The van der Waals surface area contributed by atoms with E-state index in [1.165, 1.54) is 10.5 Å². The Balaban J connectivity index is 2.00. The lowest BCUT2D eigenvalue weighted by molar-refractivity contribution is 0.425. The number of benzene rings is 2. The fraction of sp³-hybridized carbons (Fsp3) is 0.333. The van der Waals surface area contributed by atoms with Crippen LogP contribution in [0.4, 0.5) is 0 Å². The summed E-state index contributed by atoms with van der Waals surface area (Å²) in [4.78, 5) is 1.62. The average molecular weight is 348 g/mol. The summed E-state index contributed by atoms with van der Waals surface area (Å²) >= 11 is 1.76. The first-order chi connectivity index (χ1) is 10.9. The van der Waals surface area contributed by atoms with E-state index in [9.17, 15) is 8.42 Å². The highest BCUT2D eigenvalue weighted by molar-refractivity contribution is 7.99. The molecule has 5 heteroatoms. The molecular formula is C18H21NO2S2. The van der Waals surface area contributed by atoms with Gasteiger partial charge < -0.3 is 0 Å². The van der Waals surface area contributed by atoms with Gasteiger partial charge in [-0.15, -0.1) is 11.8 Å². The Hall–Kier alpha value is -1.30. The molecule has 0 fully saturated rings. The topological polar surface area (TPSA) is 37.4 Å². The van der Waals surface area contributed by atoms with Crippen molar-refractivity contribution < 1.29 is 8.42 Å². The second-order valence-electron chi connectivity index (χ2n) is 6.01. The first-order valence-electron chi connectivity index (χ1n) is 7.68. The normalized spacial score (nSPS) is 16.0. The molecule has 2 aromatic carbocycles. The molecule has 2 aromatic rings. The van der Waals surface area contributed by atoms with Gasteiger partial charge in [0, 0.05) is 23.7 Å². The Kier molecular flexibility index (Phi) is 4.54. The number of thioether (sulfide) groups is 1. The van der Waals surface area contributed by atoms with Gasteiger partial charge in [0.1, 0.15) is 0 Å². The molecule has 0 spiro atoms. The molecule has 23 heavy (non-hydrogen) atoms. The summed E-state index contributed by atoms with van der Waals surface area (Å²) in [7, 11) is -3.45. The van der Waals surface area contributed by atoms with Crippen LogP contribution in [0.3, 0.4) is 0 Å². The van der Waals surface area contributed by atoms with Crippen LogP contribution < -0.4 is 0 Å². The third-order valence-electron chi connectivity index (χ3n) is 4.27. The average Bonchev–Trinajstić information content (AvgIpc) is 2.76. The quantitative estimate of drug-likeness (QED) is 0.826. The summed E-state index contributed by atoms with van der Waals surface area (Å²) in [6.07, 6.45) is 0. The maximum absolute atomic E-state index is 13.0. The van der Waals surface area contributed by atoms with Gasteiger partial charge in [0.15, 0.2) is 0 Å². The van der Waals surface area contributed by atoms with Crippen LogP contribution in [0.15, 0.2) is 46.2 Å². The molecule has 1 aliphatic heterocycles. The molecule has 0 N–H and O–H groups in total. The van der Waals surface area contributed by atoms with E-state index in [2.05, 4.69) is 26.0 Å². The molecule has 0 radical (unpaired) electrons. The van der Waals surface area contributed by atoms with Gasteiger partial charge in [0.25, 0.3) is 0 Å². The molecule has 1 heterocycles. The van der Waals surface area contributed by atoms with Crippen LogP contribution in [0.5, 0.6) is 0 Å². The van der Waals surface area contributed by atoms with Crippen molar-refractivity contribution in [2.45, 2.75) is 37.1 Å². The number of hydrogen-bond donors (Lipinski definition) is 0. The number of aryl methyl sites for hydroxylation is 3. The molecule has 3 rings (SSSR count). The van der Waals surface area contributed by atoms with Gasteiger partial charge in [-0.2, -0.15) is 4.31 Å². The van der Waals surface area contributed by atoms with Gasteiger partial charge in [-0.1, -0.05) is 29.8 Å². The van der Waals surface area contributed by atoms with Crippen LogP contribution in [0.2, 0.25) is 0 Å². The number of rotatable bonds is 2. The van der Waals surface area contributed by atoms with Crippen molar-refractivity contribution >= 4 is 21.8 Å². The van der Waals surface area contributed by atoms with E-state index in [1.54, 1.807) is 28.2 Å². The maximum atomic E-state index is 13.0. The van der Waals surface area contributed by atoms with E-state index in [0.717, 1.165) is 22.4 Å². The Labute approximate surface area is 142 Å². The predicted octanol–water partition coefficient (Wildman–Crippen LogP) is 3.91. The monoisotopic (exact) mass is 347 g/mol. The molecular weight excluding hydrogens is 326 g/mol. The molecule has 3 nitrogen and oxygen atoms in total. The van der Waals surface area contributed by atoms with Crippen molar-refractivity contribution in [3.8, 4) is 0 Å². The Morgan fingerprint density at radius 3 is 2.30 bits per heavy atom. The second kappa shape index (κ2) is 6.30. The summed E-state index contributed by atoms with van der Waals surface area (Å²) in [5, 5.41) is 0. The van der Waals surface area contributed by atoms with E-state index >= 15 is 0 Å². The van der Waals surface area contributed by atoms with Gasteiger partial charge in [-0.3, -0.25) is 0 Å². The fourth-order valence-electron chi connectivity index (χ4n) is 2.81. The van der Waals surface area contributed by atoms with Crippen LogP contribution >= 0.6 is 11.8 Å². The Morgan fingerprint density at radius 1 is 0.957 bits per heavy atom. The zero-order valence-corrected chi connectivity index (χ0v) is 15.3. The zero-order chi connectivity index (χ0) is 16.6. The van der Waals surface area contributed by atoms with Crippen LogP contribution in [0.25, 0.3) is 0 Å². The second-order valence-corrected chi connectivity index (χ2v) is 9.05. The summed E-state index contributed by atoms with van der Waals surface area (Å²) in [5.41, 5.74) is 4.59. The largest absolute Gasteiger partial charge is 0.243 e. The third-order valence-corrected chi connectivity index (χ3v) is 7.38. The van der Waals surface area contributed by atoms with Gasteiger partial charge in [-0.25, -0.2) is 8.42 Å². The van der Waals surface area contributed by atoms with Crippen molar-refractivity contribution in [2.24, 2.45) is 0 Å². The van der Waals surface area contributed by atoms with Crippen molar-refractivity contribution in [3.05, 3.63) is 58.7 Å². The van der Waals surface area contributed by atoms with Gasteiger partial charge >= 0.3 is 0 Å². The summed E-state index contributed by atoms with van der Waals surface area (Å²) < 4.78 is 27.6. The molecule has 0 amide bonds. The zero-order valence-electron chi connectivity index (χ0n) is 13.7. The molecule has 0 aromatic heterocycles. The third kappa shape index (κ3) is 3.18. The summed E-state index contributed by atoms with van der Waals surface area (Å²) in [6, 6.07) is 11.3. The van der Waals surface area contributed by atoms with Crippen molar-refractivity contribution in [1.29, 1.82) is 0 Å². The molecule has 0 atom stereocenters. The Morgan fingerprint density at radius 2 is 1.61 bits per heavy atom. The van der Waals surface area contributed by atoms with Crippen LogP contribution in [0, 0.1) is 20.8 Å². The highest BCUT2D eigenvalue weighted by Gasteiger charge is 2.28. The minimum Gasteiger partial charge on any atom is -0.207 e. The fourth-order valence-corrected chi connectivity index (χ4v) is 5.55. The number of fused-ring (bicyclic) bond motifs is 1. The predicted molar refractivity (Wildman–Crippen MR) is 95.4 cm³/mol. The lowest BCUT2D eigenvalue weighted by Gasteiger charge is -2.21. The minimum atomic E-state index is -3.45. The first-order valence-corrected chi connectivity index (χ1v) is 10.1. The minimum absolute atomic E-state index is 0.377. The highest BCUT2D eigenvalue weighted by atomic mass is 32.2. The number of nitrogens with zero attached hydrogens (tertiary/aromatic N) is 1. The maximum Gasteiger partial charge on any atom is 0.243 e. The van der Waals surface area contributed by atoms with Crippen molar-refractivity contribution in [1.82, 2.24) is 4.31 Å². The van der Waals surface area contributed by atoms with E-state index < -0.39 is 10.0 Å². The number of hydrogen-bond acceptors (Lipinski definition) is 3. The molecule has 122 valence electrons. The molecule has 0 aliphatic carbocycles. The highest BCUT2D eigenvalue weighted by Crippen LogP contribution is 2.34. The summed E-state index contributed by atoms with van der Waals surface area (Å²) in [6.45, 7) is 7.10. The van der Waals surface area contributed by atoms with E-state index in [0.29, 0.717) is 18.0 Å². The smallest absolute Gasteiger partial charge is 0.207 e. The van der Waals surface area contributed by atoms with Gasteiger partial charge in [0.05, 0.1) is 4.90 Å². The van der Waals surface area contributed by atoms with Crippen molar-refractivity contribution in [3.63, 3.8) is 0 Å². The van der Waals surface area contributed by atoms with Crippen molar-refractivity contribution in [2.75, 3.05) is 12.3 Å². The molecule has 0 bridgehead atoms. The van der Waals surface area contributed by atoms with Gasteiger partial charge in [-0.05, 0) is 49.6 Å². The van der Waals surface area contributed by atoms with Gasteiger partial charge in [0.2, 0.25) is 10.0 Å². The summed E-state index contributed by atoms with van der Waals surface area (Å²) in [5.74, 6) is 0.780. The van der Waals surface area contributed by atoms with E-state index in [4.69, 9.17) is 0 Å². The molecule has 0 saturated carbocycles. The lowest BCUT2D eigenvalue weighted by atomic mass is 10.1. The van der Waals surface area contributed by atoms with E-state index in [1.807, 2.05) is 19.1 Å². The molecule has 1 aliphatic rings. The molecule has 0 saturated heterocycles. The standard InChI is InChI=1S/C18H21NO2S2/c1-13-4-8-16(9-5-13)23(20,21)19-10-11-22-18-15(3)7-6-14(2)17(18)12-19/h4-9H,10-12H2,1-3H3. The SMILES string of the molecule is Cc1ccc(S(=O)(=O)N2CCSc3c(C)ccc(C)c3C2)cc1. The van der Waals surface area contributed by atoms with Crippen LogP contribution in [-0.4, -0.2) is 25.0 Å². The van der Waals surface area contributed by atoms with Crippen LogP contribution in [0.1, 0.15) is 22.3 Å². The molecule has 0 unspecified atom stereocenters. The van der Waals surface area contributed by atoms with Crippen LogP contribution in [-0.2, 0) is 16.6 Å². The van der Waals surface area contributed by atoms with E-state index in [-0.39, 0.29) is 0 Å². The number of sulfonamides is 1.